The second kappa shape index (κ2) is 8.03. The molecule has 2 rings (SSSR count). The maximum absolute atomic E-state index is 12.1. The molecule has 1 amide bonds. The lowest BCUT2D eigenvalue weighted by molar-refractivity contribution is -0.121. The zero-order chi connectivity index (χ0) is 15.1. The van der Waals surface area contributed by atoms with Crippen molar-refractivity contribution in [1.29, 1.82) is 0 Å². The quantitative estimate of drug-likeness (QED) is 0.845. The van der Waals surface area contributed by atoms with E-state index in [2.05, 4.69) is 17.6 Å². The number of amides is 1. The number of rotatable bonds is 6. The van der Waals surface area contributed by atoms with Crippen LogP contribution >= 0.6 is 0 Å². The van der Waals surface area contributed by atoms with E-state index in [1.54, 1.807) is 7.11 Å². The van der Waals surface area contributed by atoms with Crippen molar-refractivity contribution in [2.45, 2.75) is 32.1 Å². The van der Waals surface area contributed by atoms with Crippen molar-refractivity contribution < 1.29 is 9.53 Å². The number of benzene rings is 1. The minimum absolute atomic E-state index is 0.124. The van der Waals surface area contributed by atoms with Crippen molar-refractivity contribution in [1.82, 2.24) is 10.6 Å². The highest BCUT2D eigenvalue weighted by atomic mass is 16.5. The topological polar surface area (TPSA) is 50.4 Å². The molecule has 21 heavy (non-hydrogen) atoms. The van der Waals surface area contributed by atoms with Crippen molar-refractivity contribution in [3.63, 3.8) is 0 Å². The zero-order valence-corrected chi connectivity index (χ0v) is 13.0. The Hall–Kier alpha value is -1.55. The molecule has 0 spiro atoms. The molecular weight excluding hydrogens is 264 g/mol. The van der Waals surface area contributed by atoms with Gasteiger partial charge in [-0.25, -0.2) is 0 Å². The van der Waals surface area contributed by atoms with Crippen LogP contribution in [0.2, 0.25) is 0 Å². The average Bonchev–Trinajstić information content (AvgIpc) is 2.53. The second-order valence-electron chi connectivity index (χ2n) is 5.86. The van der Waals surface area contributed by atoms with E-state index in [4.69, 9.17) is 4.74 Å². The van der Waals surface area contributed by atoms with Crippen LogP contribution in [-0.4, -0.2) is 32.7 Å². The third-order valence-corrected chi connectivity index (χ3v) is 4.15. The lowest BCUT2D eigenvalue weighted by atomic mass is 9.96. The van der Waals surface area contributed by atoms with Gasteiger partial charge < -0.3 is 15.4 Å². The summed E-state index contributed by atoms with van der Waals surface area (Å²) in [4.78, 5) is 12.1. The molecule has 1 aliphatic rings. The number of nitrogens with one attached hydrogen (secondary N) is 2. The molecule has 1 heterocycles. The summed E-state index contributed by atoms with van der Waals surface area (Å²) in [5.41, 5.74) is 1.09. The lowest BCUT2D eigenvalue weighted by Gasteiger charge is -2.23. The van der Waals surface area contributed by atoms with Gasteiger partial charge in [0.1, 0.15) is 5.75 Å². The molecule has 4 nitrogen and oxygen atoms in total. The van der Waals surface area contributed by atoms with Gasteiger partial charge in [0, 0.05) is 13.0 Å². The first kappa shape index (κ1) is 15.8. The van der Waals surface area contributed by atoms with E-state index in [0.717, 1.165) is 30.9 Å². The molecule has 0 saturated carbocycles. The van der Waals surface area contributed by atoms with E-state index < -0.39 is 0 Å². The summed E-state index contributed by atoms with van der Waals surface area (Å²) >= 11 is 0. The Morgan fingerprint density at radius 1 is 1.48 bits per heavy atom. The van der Waals surface area contributed by atoms with Gasteiger partial charge in [-0.2, -0.15) is 0 Å². The Bertz CT molecular complexity index is 456. The predicted octanol–water partition coefficient (Wildman–Crippen LogP) is 2.30. The van der Waals surface area contributed by atoms with Crippen LogP contribution in [0.1, 0.15) is 37.7 Å². The van der Waals surface area contributed by atoms with E-state index in [1.807, 2.05) is 24.3 Å². The van der Waals surface area contributed by atoms with E-state index >= 15 is 0 Å². The van der Waals surface area contributed by atoms with Crippen LogP contribution in [0.3, 0.4) is 0 Å². The van der Waals surface area contributed by atoms with Crippen LogP contribution in [0, 0.1) is 5.92 Å². The SMILES string of the molecule is COc1ccccc1C(C)CC(=O)NCC1CCCNC1. The largest absolute Gasteiger partial charge is 0.496 e. The summed E-state index contributed by atoms with van der Waals surface area (Å²) < 4.78 is 5.36. The van der Waals surface area contributed by atoms with Gasteiger partial charge in [0.25, 0.3) is 0 Å². The maximum atomic E-state index is 12.1. The first-order chi connectivity index (χ1) is 10.2. The van der Waals surface area contributed by atoms with Crippen molar-refractivity contribution in [3.05, 3.63) is 29.8 Å². The molecule has 1 fully saturated rings. The number of hydrogen-bond acceptors (Lipinski definition) is 3. The molecule has 2 unspecified atom stereocenters. The number of piperidine rings is 1. The first-order valence-electron chi connectivity index (χ1n) is 7.81. The number of para-hydroxylation sites is 1. The van der Waals surface area contributed by atoms with E-state index in [9.17, 15) is 4.79 Å². The van der Waals surface area contributed by atoms with Gasteiger partial charge in [0.05, 0.1) is 7.11 Å². The summed E-state index contributed by atoms with van der Waals surface area (Å²) in [5.74, 6) is 1.71. The highest BCUT2D eigenvalue weighted by Gasteiger charge is 2.17. The molecule has 4 heteroatoms. The highest BCUT2D eigenvalue weighted by molar-refractivity contribution is 5.77. The van der Waals surface area contributed by atoms with Crippen LogP contribution < -0.4 is 15.4 Å². The van der Waals surface area contributed by atoms with Crippen LogP contribution in [0.5, 0.6) is 5.75 Å². The lowest BCUT2D eigenvalue weighted by Crippen LogP contribution is -2.38. The van der Waals surface area contributed by atoms with Gasteiger partial charge in [-0.05, 0) is 49.4 Å². The Balaban J connectivity index is 1.81. The third kappa shape index (κ3) is 4.74. The first-order valence-corrected chi connectivity index (χ1v) is 7.81. The molecule has 2 atom stereocenters. The molecule has 0 bridgehead atoms. The number of methoxy groups -OCH3 is 1. The number of carbonyl (C=O) groups excluding carboxylic acids is 1. The Morgan fingerprint density at radius 2 is 2.29 bits per heavy atom. The van der Waals surface area contributed by atoms with Gasteiger partial charge in [0.2, 0.25) is 5.91 Å². The molecular formula is C17H26N2O2. The van der Waals surface area contributed by atoms with Crippen molar-refractivity contribution in [2.24, 2.45) is 5.92 Å². The fourth-order valence-corrected chi connectivity index (χ4v) is 2.89. The average molecular weight is 290 g/mol. The molecule has 0 aromatic heterocycles. The molecule has 1 aromatic rings. The van der Waals surface area contributed by atoms with Crippen molar-refractivity contribution >= 4 is 5.91 Å². The summed E-state index contributed by atoms with van der Waals surface area (Å²) in [6, 6.07) is 7.91. The number of ether oxygens (including phenoxy) is 1. The van der Waals surface area contributed by atoms with E-state index in [-0.39, 0.29) is 11.8 Å². The Labute approximate surface area is 127 Å². The zero-order valence-electron chi connectivity index (χ0n) is 13.0. The van der Waals surface area contributed by atoms with Gasteiger partial charge in [-0.1, -0.05) is 25.1 Å². The van der Waals surface area contributed by atoms with Crippen LogP contribution in [0.25, 0.3) is 0 Å². The highest BCUT2D eigenvalue weighted by Crippen LogP contribution is 2.28. The summed E-state index contributed by atoms with van der Waals surface area (Å²) in [6.07, 6.45) is 2.91. The fourth-order valence-electron chi connectivity index (χ4n) is 2.89. The summed E-state index contributed by atoms with van der Waals surface area (Å²) in [6.45, 7) is 4.97. The van der Waals surface area contributed by atoms with E-state index in [0.29, 0.717) is 12.3 Å². The van der Waals surface area contributed by atoms with Crippen LogP contribution in [0.4, 0.5) is 0 Å². The molecule has 0 radical (unpaired) electrons. The van der Waals surface area contributed by atoms with Crippen molar-refractivity contribution in [3.8, 4) is 5.75 Å². The smallest absolute Gasteiger partial charge is 0.220 e. The minimum atomic E-state index is 0.124. The van der Waals surface area contributed by atoms with Crippen LogP contribution in [0.15, 0.2) is 24.3 Å². The summed E-state index contributed by atoms with van der Waals surface area (Å²) in [7, 11) is 1.67. The molecule has 116 valence electrons. The molecule has 1 saturated heterocycles. The number of carbonyl (C=O) groups is 1. The molecule has 2 N–H and O–H groups in total. The standard InChI is InChI=1S/C17H26N2O2/c1-13(15-7-3-4-8-16(15)21-2)10-17(20)19-12-14-6-5-9-18-11-14/h3-4,7-8,13-14,18H,5-6,9-12H2,1-2H3,(H,19,20). The molecule has 1 aliphatic heterocycles. The summed E-state index contributed by atoms with van der Waals surface area (Å²) in [5, 5.41) is 6.44. The molecule has 1 aromatic carbocycles. The van der Waals surface area contributed by atoms with Gasteiger partial charge in [-0.3, -0.25) is 4.79 Å². The maximum Gasteiger partial charge on any atom is 0.220 e. The van der Waals surface area contributed by atoms with Gasteiger partial charge in [0.15, 0.2) is 0 Å². The third-order valence-electron chi connectivity index (χ3n) is 4.15. The second-order valence-corrected chi connectivity index (χ2v) is 5.86. The van der Waals surface area contributed by atoms with Gasteiger partial charge >= 0.3 is 0 Å². The fraction of sp³-hybridized carbons (Fsp3) is 0.588. The van der Waals surface area contributed by atoms with Crippen molar-refractivity contribution in [2.75, 3.05) is 26.7 Å². The number of hydrogen-bond donors (Lipinski definition) is 2. The molecule has 0 aliphatic carbocycles. The Kier molecular flexibility index (Phi) is 6.05. The monoisotopic (exact) mass is 290 g/mol. The van der Waals surface area contributed by atoms with E-state index in [1.165, 1.54) is 12.8 Å². The minimum Gasteiger partial charge on any atom is -0.496 e. The Morgan fingerprint density at radius 3 is 3.00 bits per heavy atom. The van der Waals surface area contributed by atoms with Gasteiger partial charge in [-0.15, -0.1) is 0 Å². The predicted molar refractivity (Wildman–Crippen MR) is 84.6 cm³/mol. The van der Waals surface area contributed by atoms with Crippen LogP contribution in [-0.2, 0) is 4.79 Å². The normalized spacial score (nSPS) is 19.8.